The van der Waals surface area contributed by atoms with E-state index in [9.17, 15) is 17.6 Å². The first-order chi connectivity index (χ1) is 15.9. The molecular weight excluding hydrogens is 426 g/mol. The Morgan fingerprint density at radius 2 is 1.48 bits per heavy atom. The molecule has 0 aromatic heterocycles. The van der Waals surface area contributed by atoms with Crippen molar-refractivity contribution in [1.82, 2.24) is 0 Å². The quantitative estimate of drug-likeness (QED) is 0.343. The first kappa shape index (κ1) is 23.3. The Labute approximate surface area is 192 Å². The van der Waals surface area contributed by atoms with E-state index < -0.39 is 28.8 Å². The highest BCUT2D eigenvalue weighted by atomic mass is 19.1. The predicted octanol–water partition coefficient (Wildman–Crippen LogP) is 8.47. The molecule has 0 aliphatic heterocycles. The first-order valence-electron chi connectivity index (χ1n) is 11.7. The van der Waals surface area contributed by atoms with Crippen LogP contribution in [0.3, 0.4) is 0 Å². The molecular formula is C28H27F4N. The molecule has 0 atom stereocenters. The molecule has 1 nitrogen and oxygen atoms in total. The fraction of sp³-hybridized carbons (Fsp3) is 0.393. The van der Waals surface area contributed by atoms with Gasteiger partial charge in [-0.15, -0.1) is 0 Å². The highest BCUT2D eigenvalue weighted by Crippen LogP contribution is 2.35. The van der Waals surface area contributed by atoms with Gasteiger partial charge in [0.15, 0.2) is 5.82 Å². The Kier molecular flexibility index (Phi) is 7.02. The van der Waals surface area contributed by atoms with Crippen LogP contribution in [0.25, 0.3) is 21.9 Å². The van der Waals surface area contributed by atoms with Gasteiger partial charge in [0.2, 0.25) is 0 Å². The summed E-state index contributed by atoms with van der Waals surface area (Å²) in [6, 6.07) is 9.30. The van der Waals surface area contributed by atoms with Gasteiger partial charge in [0.25, 0.3) is 0 Å². The van der Waals surface area contributed by atoms with E-state index in [-0.39, 0.29) is 21.9 Å². The topological polar surface area (TPSA) is 23.8 Å². The number of aryl methyl sites for hydroxylation is 1. The molecule has 0 N–H and O–H groups in total. The summed E-state index contributed by atoms with van der Waals surface area (Å²) in [6.45, 7) is 2.22. The van der Waals surface area contributed by atoms with Crippen molar-refractivity contribution in [2.24, 2.45) is 11.8 Å². The average molecular weight is 454 g/mol. The predicted molar refractivity (Wildman–Crippen MR) is 123 cm³/mol. The highest BCUT2D eigenvalue weighted by Gasteiger charge is 2.21. The lowest BCUT2D eigenvalue weighted by atomic mass is 9.78. The van der Waals surface area contributed by atoms with Gasteiger partial charge in [-0.2, -0.15) is 5.26 Å². The number of fused-ring (bicyclic) bond motifs is 1. The standard InChI is InChI=1S/C28H27F4N/c1-2-3-17-4-6-18(7-5-17)8-9-19-12-25(30)27(26(31)13-19)20-10-11-22-21(14-20)15-24(29)23(16-33)28(22)32/h10-15,17-18H,2-9H2,1H3. The summed E-state index contributed by atoms with van der Waals surface area (Å²) in [4.78, 5) is 0. The van der Waals surface area contributed by atoms with E-state index in [1.807, 2.05) is 0 Å². The van der Waals surface area contributed by atoms with Crippen molar-refractivity contribution in [2.45, 2.75) is 58.3 Å². The van der Waals surface area contributed by atoms with Gasteiger partial charge in [0.05, 0.1) is 5.56 Å². The average Bonchev–Trinajstić information content (AvgIpc) is 2.78. The summed E-state index contributed by atoms with van der Waals surface area (Å²) in [5, 5.41) is 9.09. The molecule has 172 valence electrons. The second-order valence-corrected chi connectivity index (χ2v) is 9.24. The molecule has 0 unspecified atom stereocenters. The number of hydrogen-bond donors (Lipinski definition) is 0. The monoisotopic (exact) mass is 453 g/mol. The van der Waals surface area contributed by atoms with E-state index in [0.29, 0.717) is 17.9 Å². The van der Waals surface area contributed by atoms with Crippen molar-refractivity contribution >= 4 is 10.8 Å². The third kappa shape index (κ3) is 4.90. The Hall–Kier alpha value is -2.87. The van der Waals surface area contributed by atoms with Gasteiger partial charge >= 0.3 is 0 Å². The van der Waals surface area contributed by atoms with Crippen LogP contribution in [-0.2, 0) is 6.42 Å². The van der Waals surface area contributed by atoms with Gasteiger partial charge in [-0.05, 0) is 65.5 Å². The van der Waals surface area contributed by atoms with Crippen molar-refractivity contribution in [3.8, 4) is 17.2 Å². The number of nitriles is 1. The fourth-order valence-corrected chi connectivity index (χ4v) is 5.22. The van der Waals surface area contributed by atoms with Crippen molar-refractivity contribution < 1.29 is 17.6 Å². The van der Waals surface area contributed by atoms with Gasteiger partial charge in [0, 0.05) is 5.39 Å². The third-order valence-electron chi connectivity index (χ3n) is 7.04. The van der Waals surface area contributed by atoms with E-state index in [4.69, 9.17) is 5.26 Å². The molecule has 1 saturated carbocycles. The number of benzene rings is 3. The maximum atomic E-state index is 14.9. The van der Waals surface area contributed by atoms with Crippen LogP contribution in [0.5, 0.6) is 0 Å². The van der Waals surface area contributed by atoms with Crippen molar-refractivity contribution in [2.75, 3.05) is 0 Å². The van der Waals surface area contributed by atoms with E-state index in [1.54, 1.807) is 0 Å². The molecule has 1 aliphatic rings. The summed E-state index contributed by atoms with van der Waals surface area (Å²) in [5.74, 6) is -1.92. The summed E-state index contributed by atoms with van der Waals surface area (Å²) in [6.07, 6.45) is 8.94. The minimum Gasteiger partial charge on any atom is -0.206 e. The van der Waals surface area contributed by atoms with Gasteiger partial charge in [-0.25, -0.2) is 17.6 Å². The smallest absolute Gasteiger partial charge is 0.151 e. The zero-order chi connectivity index (χ0) is 23.5. The molecule has 0 heterocycles. The largest absolute Gasteiger partial charge is 0.206 e. The second kappa shape index (κ2) is 9.95. The molecule has 3 aromatic rings. The van der Waals surface area contributed by atoms with Crippen LogP contribution in [0, 0.1) is 46.4 Å². The van der Waals surface area contributed by atoms with Crippen LogP contribution >= 0.6 is 0 Å². The van der Waals surface area contributed by atoms with E-state index in [1.165, 1.54) is 74.9 Å². The van der Waals surface area contributed by atoms with Gasteiger partial charge in [-0.3, -0.25) is 0 Å². The number of rotatable bonds is 6. The van der Waals surface area contributed by atoms with Crippen LogP contribution in [0.2, 0.25) is 0 Å². The number of hydrogen-bond acceptors (Lipinski definition) is 1. The number of halogens is 4. The molecule has 1 fully saturated rings. The molecule has 1 aliphatic carbocycles. The molecule has 4 rings (SSSR count). The van der Waals surface area contributed by atoms with Crippen molar-refractivity contribution in [3.05, 3.63) is 70.8 Å². The Balaban J connectivity index is 1.53. The van der Waals surface area contributed by atoms with E-state index in [2.05, 4.69) is 6.92 Å². The van der Waals surface area contributed by atoms with Crippen LogP contribution in [0.15, 0.2) is 36.4 Å². The molecule has 0 saturated heterocycles. The van der Waals surface area contributed by atoms with E-state index in [0.717, 1.165) is 18.4 Å². The van der Waals surface area contributed by atoms with Crippen LogP contribution in [0.4, 0.5) is 17.6 Å². The van der Waals surface area contributed by atoms with Gasteiger partial charge in [-0.1, -0.05) is 57.6 Å². The molecule has 0 bridgehead atoms. The fourth-order valence-electron chi connectivity index (χ4n) is 5.22. The Morgan fingerprint density at radius 1 is 0.848 bits per heavy atom. The Morgan fingerprint density at radius 3 is 2.09 bits per heavy atom. The van der Waals surface area contributed by atoms with Gasteiger partial charge in [0.1, 0.15) is 29.1 Å². The molecule has 3 aromatic carbocycles. The first-order valence-corrected chi connectivity index (χ1v) is 11.7. The summed E-state index contributed by atoms with van der Waals surface area (Å²) >= 11 is 0. The normalized spacial score (nSPS) is 18.4. The zero-order valence-corrected chi connectivity index (χ0v) is 18.7. The minimum absolute atomic E-state index is 0.0304. The van der Waals surface area contributed by atoms with Crippen molar-refractivity contribution in [3.63, 3.8) is 0 Å². The second-order valence-electron chi connectivity index (χ2n) is 9.24. The lowest BCUT2D eigenvalue weighted by Gasteiger charge is -2.28. The lowest BCUT2D eigenvalue weighted by molar-refractivity contribution is 0.252. The highest BCUT2D eigenvalue weighted by molar-refractivity contribution is 5.89. The van der Waals surface area contributed by atoms with Gasteiger partial charge < -0.3 is 0 Å². The molecule has 0 radical (unpaired) electrons. The Bertz CT molecular complexity index is 1180. The summed E-state index contributed by atoms with van der Waals surface area (Å²) in [5.41, 5.74) is -0.0653. The van der Waals surface area contributed by atoms with Crippen LogP contribution in [0.1, 0.15) is 63.0 Å². The molecule has 33 heavy (non-hydrogen) atoms. The molecule has 5 heteroatoms. The molecule has 0 amide bonds. The molecule has 0 spiro atoms. The maximum Gasteiger partial charge on any atom is 0.151 e. The van der Waals surface area contributed by atoms with Crippen molar-refractivity contribution in [1.29, 1.82) is 5.26 Å². The maximum absolute atomic E-state index is 14.9. The van der Waals surface area contributed by atoms with Crippen LogP contribution < -0.4 is 0 Å². The lowest BCUT2D eigenvalue weighted by Crippen LogP contribution is -2.15. The summed E-state index contributed by atoms with van der Waals surface area (Å²) in [7, 11) is 0. The summed E-state index contributed by atoms with van der Waals surface area (Å²) < 4.78 is 58.3. The minimum atomic E-state index is -1.00. The van der Waals surface area contributed by atoms with Crippen LogP contribution in [-0.4, -0.2) is 0 Å². The third-order valence-corrected chi connectivity index (χ3v) is 7.04. The van der Waals surface area contributed by atoms with E-state index >= 15 is 0 Å². The zero-order valence-electron chi connectivity index (χ0n) is 18.7. The number of nitrogens with zero attached hydrogens (tertiary/aromatic N) is 1. The SMILES string of the molecule is CCCC1CCC(CCc2cc(F)c(-c3ccc4c(F)c(C#N)c(F)cc4c3)c(F)c2)CC1.